The highest BCUT2D eigenvalue weighted by molar-refractivity contribution is 4.53. The van der Waals surface area contributed by atoms with Crippen molar-refractivity contribution in [2.24, 2.45) is 0 Å². The maximum Gasteiger partial charge on any atom is 0.0636 e. The summed E-state index contributed by atoms with van der Waals surface area (Å²) < 4.78 is 0. The van der Waals surface area contributed by atoms with Crippen molar-refractivity contribution in [1.29, 1.82) is 0 Å². The maximum absolute atomic E-state index is 8.84. The molecule has 2 N–H and O–H groups in total. The monoisotopic (exact) mass is 146 g/mol. The van der Waals surface area contributed by atoms with E-state index in [1.807, 2.05) is 14.1 Å². The van der Waals surface area contributed by atoms with Gasteiger partial charge in [-0.15, -0.1) is 0 Å². The number of hydrogen-bond acceptors (Lipinski definition) is 3. The number of hydrogen-bond donors (Lipinski definition) is 2. The van der Waals surface area contributed by atoms with E-state index in [2.05, 4.69) is 10.2 Å². The summed E-state index contributed by atoms with van der Waals surface area (Å²) in [7, 11) is 4.06. The Morgan fingerprint density at radius 3 is 2.50 bits per heavy atom. The van der Waals surface area contributed by atoms with Gasteiger partial charge in [-0.1, -0.05) is 0 Å². The normalized spacial score (nSPS) is 14.1. The first kappa shape index (κ1) is 9.88. The van der Waals surface area contributed by atoms with Gasteiger partial charge in [0.1, 0.15) is 0 Å². The predicted octanol–water partition coefficient (Wildman–Crippen LogP) is -0.482. The molecule has 3 nitrogen and oxygen atoms in total. The molecule has 0 spiro atoms. The Hall–Kier alpha value is -0.120. The van der Waals surface area contributed by atoms with Crippen molar-refractivity contribution in [2.75, 3.05) is 33.7 Å². The Morgan fingerprint density at radius 2 is 2.10 bits per heavy atom. The molecule has 0 aromatic heterocycles. The average Bonchev–Trinajstić information content (AvgIpc) is 1.79. The molecule has 0 saturated carbocycles. The number of nitrogens with zero attached hydrogens (tertiary/aromatic N) is 1. The molecule has 0 aromatic rings. The number of likely N-dealkylation sites (N-methyl/N-ethyl adjacent to an activating group) is 1. The molecule has 0 aliphatic carbocycles. The SMILES string of the molecule is C[C@@H](O)CNCCN(C)C. The van der Waals surface area contributed by atoms with E-state index in [0.29, 0.717) is 6.54 Å². The van der Waals surface area contributed by atoms with Crippen molar-refractivity contribution in [3.63, 3.8) is 0 Å². The zero-order valence-corrected chi connectivity index (χ0v) is 7.09. The highest BCUT2D eigenvalue weighted by atomic mass is 16.3. The minimum absolute atomic E-state index is 0.234. The van der Waals surface area contributed by atoms with Crippen LogP contribution >= 0.6 is 0 Å². The van der Waals surface area contributed by atoms with E-state index in [1.54, 1.807) is 6.92 Å². The lowest BCUT2D eigenvalue weighted by Gasteiger charge is -2.10. The molecule has 0 aromatic carbocycles. The van der Waals surface area contributed by atoms with Crippen LogP contribution in [0.2, 0.25) is 0 Å². The van der Waals surface area contributed by atoms with Gasteiger partial charge in [0, 0.05) is 19.6 Å². The summed E-state index contributed by atoms with van der Waals surface area (Å²) in [5.41, 5.74) is 0. The fourth-order valence-corrected chi connectivity index (χ4v) is 0.614. The minimum Gasteiger partial charge on any atom is -0.392 e. The summed E-state index contributed by atoms with van der Waals surface area (Å²) in [5.74, 6) is 0. The molecule has 0 unspecified atom stereocenters. The van der Waals surface area contributed by atoms with E-state index in [4.69, 9.17) is 5.11 Å². The Bertz CT molecular complexity index is 64.0. The molecular formula is C7H18N2O. The van der Waals surface area contributed by atoms with E-state index in [9.17, 15) is 0 Å². The Balaban J connectivity index is 2.91. The van der Waals surface area contributed by atoms with Gasteiger partial charge in [-0.3, -0.25) is 0 Å². The third kappa shape index (κ3) is 7.88. The summed E-state index contributed by atoms with van der Waals surface area (Å²) in [6.07, 6.45) is -0.234. The Labute approximate surface area is 63.0 Å². The van der Waals surface area contributed by atoms with Gasteiger partial charge in [-0.2, -0.15) is 0 Å². The van der Waals surface area contributed by atoms with Crippen LogP contribution in [0.1, 0.15) is 6.92 Å². The molecule has 0 aliphatic heterocycles. The first-order valence-electron chi connectivity index (χ1n) is 3.66. The van der Waals surface area contributed by atoms with Crippen molar-refractivity contribution in [2.45, 2.75) is 13.0 Å². The van der Waals surface area contributed by atoms with Gasteiger partial charge in [-0.05, 0) is 21.0 Å². The molecule has 0 aliphatic rings. The number of aliphatic hydroxyl groups excluding tert-OH is 1. The van der Waals surface area contributed by atoms with E-state index in [0.717, 1.165) is 13.1 Å². The zero-order chi connectivity index (χ0) is 7.98. The maximum atomic E-state index is 8.84. The standard InChI is InChI=1S/C7H18N2O/c1-7(10)6-8-4-5-9(2)3/h7-8,10H,4-6H2,1-3H3/t7-/m1/s1. The van der Waals surface area contributed by atoms with Crippen molar-refractivity contribution in [1.82, 2.24) is 10.2 Å². The van der Waals surface area contributed by atoms with Gasteiger partial charge in [0.05, 0.1) is 6.10 Å². The molecule has 62 valence electrons. The molecule has 0 rings (SSSR count). The van der Waals surface area contributed by atoms with Crippen LogP contribution in [0.15, 0.2) is 0 Å². The van der Waals surface area contributed by atoms with Crippen molar-refractivity contribution in [3.8, 4) is 0 Å². The number of rotatable bonds is 5. The molecule has 1 atom stereocenters. The van der Waals surface area contributed by atoms with Crippen LogP contribution < -0.4 is 5.32 Å². The van der Waals surface area contributed by atoms with E-state index in [-0.39, 0.29) is 6.10 Å². The molecule has 0 radical (unpaired) electrons. The van der Waals surface area contributed by atoms with Crippen LogP contribution in [0.4, 0.5) is 0 Å². The first-order chi connectivity index (χ1) is 4.63. The Kier molecular flexibility index (Phi) is 5.58. The van der Waals surface area contributed by atoms with Crippen molar-refractivity contribution in [3.05, 3.63) is 0 Å². The molecular weight excluding hydrogens is 128 g/mol. The minimum atomic E-state index is -0.234. The van der Waals surface area contributed by atoms with Crippen LogP contribution in [0.25, 0.3) is 0 Å². The topological polar surface area (TPSA) is 35.5 Å². The molecule has 0 fully saturated rings. The second-order valence-electron chi connectivity index (χ2n) is 2.86. The van der Waals surface area contributed by atoms with Crippen molar-refractivity contribution < 1.29 is 5.11 Å². The molecule has 0 bridgehead atoms. The third-order valence-corrected chi connectivity index (χ3v) is 1.18. The molecule has 0 amide bonds. The fourth-order valence-electron chi connectivity index (χ4n) is 0.614. The van der Waals surface area contributed by atoms with Gasteiger partial charge in [0.25, 0.3) is 0 Å². The van der Waals surface area contributed by atoms with Crippen LogP contribution in [-0.4, -0.2) is 49.8 Å². The van der Waals surface area contributed by atoms with Gasteiger partial charge in [0.2, 0.25) is 0 Å². The second-order valence-corrected chi connectivity index (χ2v) is 2.86. The Morgan fingerprint density at radius 1 is 1.50 bits per heavy atom. The van der Waals surface area contributed by atoms with Gasteiger partial charge < -0.3 is 15.3 Å². The molecule has 0 heterocycles. The van der Waals surface area contributed by atoms with E-state index < -0.39 is 0 Å². The number of aliphatic hydroxyl groups is 1. The highest BCUT2D eigenvalue weighted by Crippen LogP contribution is 1.75. The highest BCUT2D eigenvalue weighted by Gasteiger charge is 1.93. The predicted molar refractivity (Wildman–Crippen MR) is 43.1 cm³/mol. The van der Waals surface area contributed by atoms with Crippen LogP contribution in [0.3, 0.4) is 0 Å². The van der Waals surface area contributed by atoms with Gasteiger partial charge >= 0.3 is 0 Å². The van der Waals surface area contributed by atoms with E-state index in [1.165, 1.54) is 0 Å². The molecule has 0 saturated heterocycles. The smallest absolute Gasteiger partial charge is 0.0636 e. The molecule has 10 heavy (non-hydrogen) atoms. The second kappa shape index (κ2) is 5.65. The summed E-state index contributed by atoms with van der Waals surface area (Å²) >= 11 is 0. The van der Waals surface area contributed by atoms with Crippen LogP contribution in [0.5, 0.6) is 0 Å². The lowest BCUT2D eigenvalue weighted by molar-refractivity contribution is 0.190. The first-order valence-corrected chi connectivity index (χ1v) is 3.66. The van der Waals surface area contributed by atoms with Gasteiger partial charge in [-0.25, -0.2) is 0 Å². The zero-order valence-electron chi connectivity index (χ0n) is 7.09. The fraction of sp³-hybridized carbons (Fsp3) is 1.00. The van der Waals surface area contributed by atoms with Crippen LogP contribution in [-0.2, 0) is 0 Å². The summed E-state index contributed by atoms with van der Waals surface area (Å²) in [6.45, 7) is 4.43. The van der Waals surface area contributed by atoms with Gasteiger partial charge in [0.15, 0.2) is 0 Å². The lowest BCUT2D eigenvalue weighted by Crippen LogP contribution is -2.31. The largest absolute Gasteiger partial charge is 0.392 e. The van der Waals surface area contributed by atoms with E-state index >= 15 is 0 Å². The third-order valence-electron chi connectivity index (χ3n) is 1.18. The van der Waals surface area contributed by atoms with Crippen LogP contribution in [0, 0.1) is 0 Å². The quantitative estimate of drug-likeness (QED) is 0.514. The summed E-state index contributed by atoms with van der Waals surface area (Å²) in [5, 5.41) is 12.0. The number of nitrogens with one attached hydrogen (secondary N) is 1. The summed E-state index contributed by atoms with van der Waals surface area (Å²) in [4.78, 5) is 2.11. The summed E-state index contributed by atoms with van der Waals surface area (Å²) in [6, 6.07) is 0. The average molecular weight is 146 g/mol. The van der Waals surface area contributed by atoms with Crippen molar-refractivity contribution >= 4 is 0 Å². The lowest BCUT2D eigenvalue weighted by atomic mass is 10.4. The molecule has 3 heteroatoms.